The van der Waals surface area contributed by atoms with Crippen molar-refractivity contribution < 1.29 is 4.74 Å². The van der Waals surface area contributed by atoms with Crippen LogP contribution in [0.25, 0.3) is 0 Å². The molecule has 2 aromatic rings. The van der Waals surface area contributed by atoms with Gasteiger partial charge in [0.1, 0.15) is 12.4 Å². The van der Waals surface area contributed by atoms with Crippen LogP contribution in [0.5, 0.6) is 5.75 Å². The molecule has 102 valence electrons. The number of thiophene rings is 1. The number of rotatable bonds is 5. The summed E-state index contributed by atoms with van der Waals surface area (Å²) >= 11 is 1.70. The SMILES string of the molecule is CC(C)(C)NCc1ccncc1OCc1cccs1. The molecular weight excluding hydrogens is 256 g/mol. The van der Waals surface area contributed by atoms with Gasteiger partial charge < -0.3 is 10.1 Å². The molecule has 0 saturated carbocycles. The van der Waals surface area contributed by atoms with E-state index in [2.05, 4.69) is 42.5 Å². The van der Waals surface area contributed by atoms with Gasteiger partial charge in [-0.25, -0.2) is 0 Å². The first kappa shape index (κ1) is 14.0. The molecule has 0 amide bonds. The molecule has 0 aliphatic carbocycles. The number of hydrogen-bond acceptors (Lipinski definition) is 4. The first-order chi connectivity index (χ1) is 9.04. The molecule has 2 rings (SSSR count). The van der Waals surface area contributed by atoms with Gasteiger partial charge in [-0.15, -0.1) is 11.3 Å². The van der Waals surface area contributed by atoms with E-state index in [1.807, 2.05) is 12.1 Å². The van der Waals surface area contributed by atoms with Crippen LogP contribution in [-0.4, -0.2) is 10.5 Å². The summed E-state index contributed by atoms with van der Waals surface area (Å²) in [5.41, 5.74) is 1.23. The van der Waals surface area contributed by atoms with Gasteiger partial charge in [0, 0.05) is 28.7 Å². The van der Waals surface area contributed by atoms with Crippen LogP contribution in [0.4, 0.5) is 0 Å². The topological polar surface area (TPSA) is 34.2 Å². The van der Waals surface area contributed by atoms with Gasteiger partial charge >= 0.3 is 0 Å². The molecule has 1 N–H and O–H groups in total. The summed E-state index contributed by atoms with van der Waals surface area (Å²) in [5.74, 6) is 0.854. The minimum Gasteiger partial charge on any atom is -0.486 e. The highest BCUT2D eigenvalue weighted by Crippen LogP contribution is 2.20. The van der Waals surface area contributed by atoms with E-state index in [1.54, 1.807) is 23.7 Å². The third-order valence-corrected chi connectivity index (χ3v) is 3.48. The summed E-state index contributed by atoms with van der Waals surface area (Å²) in [6.07, 6.45) is 3.59. The number of pyridine rings is 1. The Kier molecular flexibility index (Phi) is 4.56. The zero-order valence-corrected chi connectivity index (χ0v) is 12.5. The van der Waals surface area contributed by atoms with Gasteiger partial charge in [0.2, 0.25) is 0 Å². The Labute approximate surface area is 118 Å². The van der Waals surface area contributed by atoms with Crippen molar-refractivity contribution in [2.24, 2.45) is 0 Å². The highest BCUT2D eigenvalue weighted by Gasteiger charge is 2.11. The molecular formula is C15H20N2OS. The number of hydrogen-bond donors (Lipinski definition) is 1. The highest BCUT2D eigenvalue weighted by molar-refractivity contribution is 7.09. The molecule has 0 saturated heterocycles. The van der Waals surface area contributed by atoms with Crippen molar-refractivity contribution in [3.05, 3.63) is 46.4 Å². The maximum Gasteiger partial charge on any atom is 0.142 e. The predicted molar refractivity (Wildman–Crippen MR) is 79.5 cm³/mol. The monoisotopic (exact) mass is 276 g/mol. The van der Waals surface area contributed by atoms with Crippen LogP contribution in [0, 0.1) is 0 Å². The van der Waals surface area contributed by atoms with Gasteiger partial charge in [-0.05, 0) is 38.3 Å². The van der Waals surface area contributed by atoms with Crippen LogP contribution in [-0.2, 0) is 13.2 Å². The highest BCUT2D eigenvalue weighted by atomic mass is 32.1. The Morgan fingerprint density at radius 1 is 1.32 bits per heavy atom. The normalized spacial score (nSPS) is 11.5. The van der Waals surface area contributed by atoms with E-state index in [1.165, 1.54) is 4.88 Å². The van der Waals surface area contributed by atoms with Crippen LogP contribution in [0.15, 0.2) is 36.0 Å². The van der Waals surface area contributed by atoms with Gasteiger partial charge in [0.05, 0.1) is 6.20 Å². The maximum absolute atomic E-state index is 5.85. The lowest BCUT2D eigenvalue weighted by Gasteiger charge is -2.21. The smallest absolute Gasteiger partial charge is 0.142 e. The first-order valence-electron chi connectivity index (χ1n) is 6.38. The van der Waals surface area contributed by atoms with Crippen LogP contribution in [0.1, 0.15) is 31.2 Å². The lowest BCUT2D eigenvalue weighted by atomic mass is 10.1. The second-order valence-electron chi connectivity index (χ2n) is 5.45. The van der Waals surface area contributed by atoms with Crippen molar-refractivity contribution in [3.8, 4) is 5.75 Å². The third kappa shape index (κ3) is 4.65. The zero-order chi connectivity index (χ0) is 13.7. The summed E-state index contributed by atoms with van der Waals surface area (Å²) in [4.78, 5) is 5.36. The Bertz CT molecular complexity index is 503. The lowest BCUT2D eigenvalue weighted by Crippen LogP contribution is -2.35. The molecule has 4 heteroatoms. The third-order valence-electron chi connectivity index (χ3n) is 2.63. The van der Waals surface area contributed by atoms with E-state index in [9.17, 15) is 0 Å². The van der Waals surface area contributed by atoms with Gasteiger partial charge in [-0.2, -0.15) is 0 Å². The van der Waals surface area contributed by atoms with Crippen LogP contribution < -0.4 is 10.1 Å². The minimum absolute atomic E-state index is 0.0916. The van der Waals surface area contributed by atoms with E-state index >= 15 is 0 Å². The second kappa shape index (κ2) is 6.17. The van der Waals surface area contributed by atoms with Crippen LogP contribution in [0.3, 0.4) is 0 Å². The van der Waals surface area contributed by atoms with E-state index < -0.39 is 0 Å². The predicted octanol–water partition coefficient (Wildman–Crippen LogP) is 3.61. The number of ether oxygens (including phenoxy) is 1. The molecule has 0 aliphatic rings. The minimum atomic E-state index is 0.0916. The van der Waals surface area contributed by atoms with Crippen molar-refractivity contribution in [2.45, 2.75) is 39.5 Å². The summed E-state index contributed by atoms with van der Waals surface area (Å²) in [7, 11) is 0. The Morgan fingerprint density at radius 2 is 2.16 bits per heavy atom. The largest absolute Gasteiger partial charge is 0.486 e. The number of nitrogens with one attached hydrogen (secondary N) is 1. The molecule has 19 heavy (non-hydrogen) atoms. The molecule has 3 nitrogen and oxygen atoms in total. The first-order valence-corrected chi connectivity index (χ1v) is 7.26. The molecule has 2 aromatic heterocycles. The fraction of sp³-hybridized carbons (Fsp3) is 0.400. The fourth-order valence-corrected chi connectivity index (χ4v) is 2.20. The number of nitrogens with zero attached hydrogens (tertiary/aromatic N) is 1. The maximum atomic E-state index is 5.85. The molecule has 0 unspecified atom stereocenters. The lowest BCUT2D eigenvalue weighted by molar-refractivity contribution is 0.302. The Hall–Kier alpha value is -1.39. The van der Waals surface area contributed by atoms with Crippen molar-refractivity contribution in [1.82, 2.24) is 10.3 Å². The van der Waals surface area contributed by atoms with Crippen LogP contribution >= 0.6 is 11.3 Å². The number of aromatic nitrogens is 1. The summed E-state index contributed by atoms with van der Waals surface area (Å²) in [6, 6.07) is 6.12. The van der Waals surface area contributed by atoms with Gasteiger partial charge in [0.25, 0.3) is 0 Å². The van der Waals surface area contributed by atoms with Crippen molar-refractivity contribution in [3.63, 3.8) is 0 Å². The zero-order valence-electron chi connectivity index (χ0n) is 11.6. The Balaban J connectivity index is 1.99. The van der Waals surface area contributed by atoms with Crippen LogP contribution in [0.2, 0.25) is 0 Å². The van der Waals surface area contributed by atoms with E-state index in [0.717, 1.165) is 17.9 Å². The molecule has 0 bridgehead atoms. The van der Waals surface area contributed by atoms with E-state index in [0.29, 0.717) is 6.61 Å². The average molecular weight is 276 g/mol. The molecule has 0 fully saturated rings. The van der Waals surface area contributed by atoms with Gasteiger partial charge in [-0.3, -0.25) is 4.98 Å². The van der Waals surface area contributed by atoms with Crippen molar-refractivity contribution >= 4 is 11.3 Å². The molecule has 0 aliphatic heterocycles. The standard InChI is InChI=1S/C15H20N2OS/c1-15(2,3)17-9-12-6-7-16-10-14(12)18-11-13-5-4-8-19-13/h4-8,10,17H,9,11H2,1-3H3. The summed E-state index contributed by atoms with van der Waals surface area (Å²) < 4.78 is 5.85. The van der Waals surface area contributed by atoms with Gasteiger partial charge in [0.15, 0.2) is 0 Å². The molecule has 0 spiro atoms. The van der Waals surface area contributed by atoms with Crippen molar-refractivity contribution in [2.75, 3.05) is 0 Å². The Morgan fingerprint density at radius 3 is 2.84 bits per heavy atom. The quantitative estimate of drug-likeness (QED) is 0.906. The average Bonchev–Trinajstić information content (AvgIpc) is 2.87. The summed E-state index contributed by atoms with van der Waals surface area (Å²) in [5, 5.41) is 5.53. The van der Waals surface area contributed by atoms with E-state index in [-0.39, 0.29) is 5.54 Å². The summed E-state index contributed by atoms with van der Waals surface area (Å²) in [6.45, 7) is 7.85. The van der Waals surface area contributed by atoms with Crippen molar-refractivity contribution in [1.29, 1.82) is 0 Å². The molecule has 0 radical (unpaired) electrons. The van der Waals surface area contributed by atoms with E-state index in [4.69, 9.17) is 4.74 Å². The molecule has 2 heterocycles. The molecule has 0 atom stereocenters. The second-order valence-corrected chi connectivity index (χ2v) is 6.49. The van der Waals surface area contributed by atoms with Gasteiger partial charge in [-0.1, -0.05) is 6.07 Å². The fourth-order valence-electron chi connectivity index (χ4n) is 1.59. The molecule has 0 aromatic carbocycles.